The third kappa shape index (κ3) is 4.96. The Balaban J connectivity index is 1.63. The maximum Gasteiger partial charge on any atom is 0.187 e. The molecule has 0 atom stereocenters. The largest absolute Gasteiger partial charge is 0.497 e. The number of ether oxygens (including phenoxy) is 2. The van der Waals surface area contributed by atoms with Crippen molar-refractivity contribution in [3.8, 4) is 11.5 Å². The normalized spacial score (nSPS) is 10.1. The van der Waals surface area contributed by atoms with Crippen LogP contribution in [0.25, 0.3) is 4.85 Å². The van der Waals surface area contributed by atoms with Gasteiger partial charge in [-0.05, 0) is 35.4 Å². The fraction of sp³-hybridized carbons (Fsp3) is 0.130. The summed E-state index contributed by atoms with van der Waals surface area (Å²) in [6.45, 7) is 7.39. The van der Waals surface area contributed by atoms with E-state index in [0.29, 0.717) is 30.0 Å². The van der Waals surface area contributed by atoms with Gasteiger partial charge in [0.05, 0.1) is 13.7 Å². The summed E-state index contributed by atoms with van der Waals surface area (Å²) >= 11 is 0. The van der Waals surface area contributed by atoms with Gasteiger partial charge in [-0.3, -0.25) is 4.79 Å². The van der Waals surface area contributed by atoms with E-state index in [9.17, 15) is 4.79 Å². The molecular formula is C23H19NO3. The molecule has 0 amide bonds. The van der Waals surface area contributed by atoms with E-state index in [1.165, 1.54) is 0 Å². The quantitative estimate of drug-likeness (QED) is 0.428. The van der Waals surface area contributed by atoms with Crippen molar-refractivity contribution in [3.63, 3.8) is 0 Å². The zero-order valence-corrected chi connectivity index (χ0v) is 15.0. The van der Waals surface area contributed by atoms with Gasteiger partial charge in [0.2, 0.25) is 0 Å². The molecule has 4 heteroatoms. The molecule has 0 N–H and O–H groups in total. The molecule has 4 nitrogen and oxygen atoms in total. The lowest BCUT2D eigenvalue weighted by Gasteiger charge is -2.09. The fourth-order valence-electron chi connectivity index (χ4n) is 2.62. The second-order valence-electron chi connectivity index (χ2n) is 6.04. The van der Waals surface area contributed by atoms with Gasteiger partial charge in [0.25, 0.3) is 0 Å². The minimum atomic E-state index is 0.0143. The number of Topliss-reactive ketones (excluding diaryl/α,β-unsaturated/α-hetero) is 1. The van der Waals surface area contributed by atoms with E-state index in [4.69, 9.17) is 16.0 Å². The highest BCUT2D eigenvalue weighted by molar-refractivity contribution is 5.97. The third-order valence-corrected chi connectivity index (χ3v) is 4.15. The number of benzene rings is 3. The van der Waals surface area contributed by atoms with Crippen molar-refractivity contribution in [2.24, 2.45) is 0 Å². The van der Waals surface area contributed by atoms with Crippen LogP contribution in [-0.4, -0.2) is 12.9 Å². The molecule has 0 aliphatic rings. The number of hydrogen-bond acceptors (Lipinski definition) is 3. The molecule has 0 saturated carbocycles. The molecule has 3 aromatic carbocycles. The Morgan fingerprint density at radius 3 is 2.30 bits per heavy atom. The number of methoxy groups -OCH3 is 1. The van der Waals surface area contributed by atoms with Gasteiger partial charge in [0.15, 0.2) is 11.5 Å². The molecular weight excluding hydrogens is 338 g/mol. The highest BCUT2D eigenvalue weighted by atomic mass is 16.5. The van der Waals surface area contributed by atoms with Crippen LogP contribution < -0.4 is 9.47 Å². The zero-order chi connectivity index (χ0) is 19.1. The molecule has 0 spiro atoms. The molecule has 0 saturated heterocycles. The average molecular weight is 357 g/mol. The monoisotopic (exact) mass is 357 g/mol. The summed E-state index contributed by atoms with van der Waals surface area (Å²) in [5, 5.41) is 0. The van der Waals surface area contributed by atoms with Gasteiger partial charge in [-0.15, -0.1) is 0 Å². The first kappa shape index (κ1) is 18.2. The molecule has 0 aliphatic heterocycles. The van der Waals surface area contributed by atoms with E-state index in [2.05, 4.69) is 4.85 Å². The minimum Gasteiger partial charge on any atom is -0.497 e. The lowest BCUT2D eigenvalue weighted by Crippen LogP contribution is -2.04. The van der Waals surface area contributed by atoms with Gasteiger partial charge in [-0.2, -0.15) is 0 Å². The fourth-order valence-corrected chi connectivity index (χ4v) is 2.62. The van der Waals surface area contributed by atoms with E-state index in [1.54, 1.807) is 31.4 Å². The highest BCUT2D eigenvalue weighted by Crippen LogP contribution is 2.19. The second-order valence-corrected chi connectivity index (χ2v) is 6.04. The standard InChI is InChI=1S/C23H19NO3/c1-24-20-10-6-17(7-11-20)14-23(25)19-4-3-5-22(15-19)27-16-18-8-12-21(26-2)13-9-18/h3-13,15H,14,16H2,2H3. The Morgan fingerprint density at radius 1 is 0.926 bits per heavy atom. The number of rotatable bonds is 7. The van der Waals surface area contributed by atoms with E-state index < -0.39 is 0 Å². The molecule has 0 aromatic heterocycles. The smallest absolute Gasteiger partial charge is 0.187 e. The van der Waals surface area contributed by atoms with Crippen LogP contribution in [-0.2, 0) is 13.0 Å². The van der Waals surface area contributed by atoms with Crippen molar-refractivity contribution in [1.82, 2.24) is 0 Å². The topological polar surface area (TPSA) is 39.9 Å². The zero-order valence-electron chi connectivity index (χ0n) is 15.0. The lowest BCUT2D eigenvalue weighted by atomic mass is 10.0. The molecule has 0 bridgehead atoms. The van der Waals surface area contributed by atoms with Gasteiger partial charge in [-0.25, -0.2) is 4.85 Å². The summed E-state index contributed by atoms with van der Waals surface area (Å²) in [6, 6.07) is 22.0. The highest BCUT2D eigenvalue weighted by Gasteiger charge is 2.09. The third-order valence-electron chi connectivity index (χ3n) is 4.15. The summed E-state index contributed by atoms with van der Waals surface area (Å²) in [5.41, 5.74) is 3.08. The summed E-state index contributed by atoms with van der Waals surface area (Å²) in [7, 11) is 1.63. The SMILES string of the molecule is [C-]#[N+]c1ccc(CC(=O)c2cccc(OCc3ccc(OC)cc3)c2)cc1. The maximum absolute atomic E-state index is 12.5. The van der Waals surface area contributed by atoms with Crippen molar-refractivity contribution >= 4 is 11.5 Å². The Kier molecular flexibility index (Phi) is 5.86. The van der Waals surface area contributed by atoms with E-state index in [1.807, 2.05) is 48.5 Å². The molecule has 27 heavy (non-hydrogen) atoms. The summed E-state index contributed by atoms with van der Waals surface area (Å²) in [4.78, 5) is 15.9. The number of carbonyl (C=O) groups is 1. The van der Waals surface area contributed by atoms with Crippen LogP contribution in [0.5, 0.6) is 11.5 Å². The first-order valence-electron chi connectivity index (χ1n) is 8.53. The lowest BCUT2D eigenvalue weighted by molar-refractivity contribution is 0.0992. The van der Waals surface area contributed by atoms with Gasteiger partial charge in [0, 0.05) is 12.0 Å². The first-order chi connectivity index (χ1) is 13.2. The predicted octanol–water partition coefficient (Wildman–Crippen LogP) is 5.25. The van der Waals surface area contributed by atoms with Crippen molar-refractivity contribution < 1.29 is 14.3 Å². The first-order valence-corrected chi connectivity index (χ1v) is 8.53. The summed E-state index contributed by atoms with van der Waals surface area (Å²) in [5.74, 6) is 1.47. The summed E-state index contributed by atoms with van der Waals surface area (Å²) in [6.07, 6.45) is 0.292. The number of carbonyl (C=O) groups excluding carboxylic acids is 1. The molecule has 3 aromatic rings. The molecule has 0 unspecified atom stereocenters. The molecule has 0 heterocycles. The average Bonchev–Trinajstić information content (AvgIpc) is 2.73. The minimum absolute atomic E-state index is 0.0143. The van der Waals surface area contributed by atoms with E-state index >= 15 is 0 Å². The van der Waals surface area contributed by atoms with Crippen LogP contribution in [0.15, 0.2) is 72.8 Å². The van der Waals surface area contributed by atoms with Crippen LogP contribution in [0.2, 0.25) is 0 Å². The predicted molar refractivity (Wildman–Crippen MR) is 105 cm³/mol. The molecule has 0 radical (unpaired) electrons. The Bertz CT molecular complexity index is 954. The van der Waals surface area contributed by atoms with Crippen molar-refractivity contribution in [2.45, 2.75) is 13.0 Å². The van der Waals surface area contributed by atoms with Gasteiger partial charge in [-0.1, -0.05) is 48.5 Å². The van der Waals surface area contributed by atoms with Crippen molar-refractivity contribution in [2.75, 3.05) is 7.11 Å². The van der Waals surface area contributed by atoms with Crippen LogP contribution >= 0.6 is 0 Å². The molecule has 134 valence electrons. The molecule has 0 aliphatic carbocycles. The molecule has 3 rings (SSSR count). The Labute approximate surface area is 158 Å². The van der Waals surface area contributed by atoms with E-state index in [0.717, 1.165) is 16.9 Å². The van der Waals surface area contributed by atoms with Gasteiger partial charge in [0.1, 0.15) is 18.1 Å². The second kappa shape index (κ2) is 8.68. The van der Waals surface area contributed by atoms with Crippen LogP contribution in [0, 0.1) is 6.57 Å². The van der Waals surface area contributed by atoms with Crippen molar-refractivity contribution in [3.05, 3.63) is 101 Å². The van der Waals surface area contributed by atoms with Crippen LogP contribution in [0.4, 0.5) is 5.69 Å². The van der Waals surface area contributed by atoms with Gasteiger partial charge < -0.3 is 9.47 Å². The number of nitrogens with zero attached hydrogens (tertiary/aromatic N) is 1. The summed E-state index contributed by atoms with van der Waals surface area (Å²) < 4.78 is 11.0. The van der Waals surface area contributed by atoms with E-state index in [-0.39, 0.29) is 5.78 Å². The number of hydrogen-bond donors (Lipinski definition) is 0. The van der Waals surface area contributed by atoms with Crippen LogP contribution in [0.3, 0.4) is 0 Å². The van der Waals surface area contributed by atoms with Crippen molar-refractivity contribution in [1.29, 1.82) is 0 Å². The Morgan fingerprint density at radius 2 is 1.63 bits per heavy atom. The van der Waals surface area contributed by atoms with Gasteiger partial charge >= 0.3 is 0 Å². The maximum atomic E-state index is 12.5. The van der Waals surface area contributed by atoms with Crippen LogP contribution in [0.1, 0.15) is 21.5 Å². The number of ketones is 1. The molecule has 0 fully saturated rings. The Hall–Kier alpha value is -3.58.